The highest BCUT2D eigenvalue weighted by Crippen LogP contribution is 2.18. The van der Waals surface area contributed by atoms with Gasteiger partial charge in [-0.3, -0.25) is 4.79 Å². The minimum Gasteiger partial charge on any atom is -0.342 e. The van der Waals surface area contributed by atoms with Crippen molar-refractivity contribution in [1.82, 2.24) is 5.32 Å². The first-order chi connectivity index (χ1) is 4.56. The van der Waals surface area contributed by atoms with E-state index < -0.39 is 0 Å². The molecule has 1 amide bonds. The van der Waals surface area contributed by atoms with E-state index in [0.717, 1.165) is 6.42 Å². The van der Waals surface area contributed by atoms with Gasteiger partial charge in [-0.25, -0.2) is 0 Å². The van der Waals surface area contributed by atoms with E-state index in [1.54, 1.807) is 6.41 Å². The molecular weight excluding hydrogens is 126 g/mol. The first-order valence-electron chi connectivity index (χ1n) is 3.71. The molecule has 1 unspecified atom stereocenters. The molecule has 0 aromatic carbocycles. The summed E-state index contributed by atoms with van der Waals surface area (Å²) in [4.78, 5) is 10.0. The van der Waals surface area contributed by atoms with E-state index in [1.807, 2.05) is 6.92 Å². The quantitative estimate of drug-likeness (QED) is 0.592. The van der Waals surface area contributed by atoms with Gasteiger partial charge in [-0.05, 0) is 19.3 Å². The molecule has 0 aromatic heterocycles. The van der Waals surface area contributed by atoms with Gasteiger partial charge < -0.3 is 5.32 Å². The molecule has 2 nitrogen and oxygen atoms in total. The van der Waals surface area contributed by atoms with E-state index in [0.29, 0.717) is 5.92 Å². The van der Waals surface area contributed by atoms with E-state index in [2.05, 4.69) is 26.1 Å². The number of carbonyl (C=O) groups excluding carboxylic acids is 1. The van der Waals surface area contributed by atoms with Crippen LogP contribution >= 0.6 is 0 Å². The normalized spacial score (nSPS) is 16.5. The average Bonchev–Trinajstić information content (AvgIpc) is 1.88. The minimum atomic E-state index is -0.0816. The molecule has 59 valence electrons. The van der Waals surface area contributed by atoms with E-state index in [1.165, 1.54) is 0 Å². The number of hydrogen-bond acceptors (Lipinski definition) is 1. The molecule has 1 N–H and O–H groups in total. The van der Waals surface area contributed by atoms with Crippen LogP contribution in [0.5, 0.6) is 0 Å². The molecule has 0 saturated carbocycles. The summed E-state index contributed by atoms with van der Waals surface area (Å²) < 4.78 is 0. The van der Waals surface area contributed by atoms with E-state index in [-0.39, 0.29) is 5.54 Å². The minimum absolute atomic E-state index is 0.0816. The molecule has 1 atom stereocenters. The van der Waals surface area contributed by atoms with Crippen LogP contribution in [0.25, 0.3) is 0 Å². The molecule has 0 aliphatic heterocycles. The Morgan fingerprint density at radius 3 is 2.20 bits per heavy atom. The SMILES string of the molecule is CCC(C)(N[C]=O)C(C)C. The van der Waals surface area contributed by atoms with Gasteiger partial charge >= 0.3 is 6.41 Å². The van der Waals surface area contributed by atoms with Crippen LogP contribution in [0, 0.1) is 5.92 Å². The summed E-state index contributed by atoms with van der Waals surface area (Å²) >= 11 is 0. The number of nitrogens with one attached hydrogen (secondary N) is 1. The molecule has 0 aromatic rings. The van der Waals surface area contributed by atoms with E-state index in [9.17, 15) is 4.79 Å². The molecule has 0 aliphatic carbocycles. The van der Waals surface area contributed by atoms with Gasteiger partial charge in [-0.2, -0.15) is 0 Å². The molecule has 2 heteroatoms. The molecule has 0 saturated heterocycles. The van der Waals surface area contributed by atoms with Crippen molar-refractivity contribution in [2.24, 2.45) is 5.92 Å². The monoisotopic (exact) mass is 142 g/mol. The summed E-state index contributed by atoms with van der Waals surface area (Å²) in [5.41, 5.74) is -0.0816. The summed E-state index contributed by atoms with van der Waals surface area (Å²) in [5, 5.41) is 2.70. The molecule has 0 rings (SSSR count). The highest BCUT2D eigenvalue weighted by atomic mass is 16.1. The lowest BCUT2D eigenvalue weighted by Crippen LogP contribution is -2.45. The maximum absolute atomic E-state index is 10.0. The van der Waals surface area contributed by atoms with Crippen LogP contribution in [0.4, 0.5) is 0 Å². The van der Waals surface area contributed by atoms with Gasteiger partial charge in [-0.15, -0.1) is 0 Å². The first kappa shape index (κ1) is 9.47. The lowest BCUT2D eigenvalue weighted by molar-refractivity contribution is 0.287. The van der Waals surface area contributed by atoms with Gasteiger partial charge in [0.25, 0.3) is 0 Å². The van der Waals surface area contributed by atoms with Crippen LogP contribution in [0.2, 0.25) is 0 Å². The van der Waals surface area contributed by atoms with Crippen LogP contribution in [-0.4, -0.2) is 11.9 Å². The maximum Gasteiger partial charge on any atom is 0.309 e. The Balaban J connectivity index is 4.07. The summed E-state index contributed by atoms with van der Waals surface area (Å²) in [6.45, 7) is 8.27. The molecule has 10 heavy (non-hydrogen) atoms. The van der Waals surface area contributed by atoms with Crippen LogP contribution in [-0.2, 0) is 4.79 Å². The second kappa shape index (κ2) is 3.59. The number of hydrogen-bond donors (Lipinski definition) is 1. The molecule has 0 aliphatic rings. The van der Waals surface area contributed by atoms with Crippen molar-refractivity contribution in [2.45, 2.75) is 39.7 Å². The van der Waals surface area contributed by atoms with Gasteiger partial charge in [0.15, 0.2) is 0 Å². The van der Waals surface area contributed by atoms with Crippen LogP contribution < -0.4 is 5.32 Å². The predicted molar refractivity (Wildman–Crippen MR) is 42.4 cm³/mol. The largest absolute Gasteiger partial charge is 0.342 e. The van der Waals surface area contributed by atoms with Crippen LogP contribution in [0.3, 0.4) is 0 Å². The van der Waals surface area contributed by atoms with Crippen molar-refractivity contribution >= 4 is 6.41 Å². The highest BCUT2D eigenvalue weighted by molar-refractivity contribution is 5.48. The Bertz CT molecular complexity index is 112. The van der Waals surface area contributed by atoms with Crippen molar-refractivity contribution in [2.75, 3.05) is 0 Å². The second-order valence-corrected chi connectivity index (χ2v) is 3.15. The van der Waals surface area contributed by atoms with E-state index >= 15 is 0 Å². The van der Waals surface area contributed by atoms with Gasteiger partial charge in [0.05, 0.1) is 0 Å². The fourth-order valence-corrected chi connectivity index (χ4v) is 0.758. The lowest BCUT2D eigenvalue weighted by atomic mass is 9.86. The highest BCUT2D eigenvalue weighted by Gasteiger charge is 2.24. The third kappa shape index (κ3) is 2.01. The molecule has 0 fully saturated rings. The van der Waals surface area contributed by atoms with Gasteiger partial charge in [0.2, 0.25) is 0 Å². The van der Waals surface area contributed by atoms with Crippen molar-refractivity contribution in [3.63, 3.8) is 0 Å². The second-order valence-electron chi connectivity index (χ2n) is 3.15. The first-order valence-corrected chi connectivity index (χ1v) is 3.71. The van der Waals surface area contributed by atoms with Crippen LogP contribution in [0.15, 0.2) is 0 Å². The maximum atomic E-state index is 10.0. The molecule has 0 heterocycles. The van der Waals surface area contributed by atoms with Gasteiger partial charge in [0, 0.05) is 5.54 Å². The fourth-order valence-electron chi connectivity index (χ4n) is 0.758. The smallest absolute Gasteiger partial charge is 0.309 e. The summed E-state index contributed by atoms with van der Waals surface area (Å²) in [6.07, 6.45) is 2.68. The van der Waals surface area contributed by atoms with Gasteiger partial charge in [-0.1, -0.05) is 20.8 Å². The standard InChI is InChI=1S/C8H16NO/c1-5-8(4,7(2)3)9-6-10/h7H,5H2,1-4H3,(H,9,10). The zero-order chi connectivity index (χ0) is 8.20. The van der Waals surface area contributed by atoms with Crippen LogP contribution in [0.1, 0.15) is 34.1 Å². The Morgan fingerprint density at radius 2 is 2.10 bits per heavy atom. The number of rotatable bonds is 4. The predicted octanol–water partition coefficient (Wildman–Crippen LogP) is 1.47. The van der Waals surface area contributed by atoms with Gasteiger partial charge in [0.1, 0.15) is 0 Å². The summed E-state index contributed by atoms with van der Waals surface area (Å²) in [6, 6.07) is 0. The third-order valence-electron chi connectivity index (χ3n) is 2.35. The topological polar surface area (TPSA) is 29.1 Å². The molecule has 0 bridgehead atoms. The zero-order valence-electron chi connectivity index (χ0n) is 7.19. The third-order valence-corrected chi connectivity index (χ3v) is 2.35. The Kier molecular flexibility index (Phi) is 3.40. The average molecular weight is 142 g/mol. The zero-order valence-corrected chi connectivity index (χ0v) is 7.19. The summed E-state index contributed by atoms with van der Waals surface area (Å²) in [5.74, 6) is 0.457. The van der Waals surface area contributed by atoms with Crippen molar-refractivity contribution in [3.05, 3.63) is 0 Å². The fraction of sp³-hybridized carbons (Fsp3) is 0.875. The van der Waals surface area contributed by atoms with Crippen molar-refractivity contribution < 1.29 is 4.79 Å². The number of amides is 1. The lowest BCUT2D eigenvalue weighted by Gasteiger charge is -2.31. The van der Waals surface area contributed by atoms with Crippen molar-refractivity contribution in [3.8, 4) is 0 Å². The Hall–Kier alpha value is -0.530. The van der Waals surface area contributed by atoms with Crippen molar-refractivity contribution in [1.29, 1.82) is 0 Å². The summed E-state index contributed by atoms with van der Waals surface area (Å²) in [7, 11) is 0. The van der Waals surface area contributed by atoms with E-state index in [4.69, 9.17) is 0 Å². The molecule has 1 radical (unpaired) electrons. The molecule has 0 spiro atoms. The Labute approximate surface area is 63.0 Å². The Morgan fingerprint density at radius 1 is 1.60 bits per heavy atom. The molecular formula is C8H16NO.